The number of benzene rings is 2. The van der Waals surface area contributed by atoms with E-state index in [0.717, 1.165) is 42.3 Å². The summed E-state index contributed by atoms with van der Waals surface area (Å²) in [5.74, 6) is -0.377. The Kier molecular flexibility index (Phi) is 9.20. The van der Waals surface area contributed by atoms with Crippen LogP contribution in [0.3, 0.4) is 0 Å². The Morgan fingerprint density at radius 2 is 1.79 bits per heavy atom. The van der Waals surface area contributed by atoms with Crippen LogP contribution in [0.15, 0.2) is 42.0 Å². The fraction of sp³-hybridized carbons (Fsp3) is 0.417. The van der Waals surface area contributed by atoms with Crippen LogP contribution in [-0.4, -0.2) is 38.8 Å². The van der Waals surface area contributed by atoms with Crippen molar-refractivity contribution in [3.8, 4) is 6.07 Å². The van der Waals surface area contributed by atoms with E-state index in [4.69, 9.17) is 4.74 Å². The summed E-state index contributed by atoms with van der Waals surface area (Å²) in [6.07, 6.45) is 3.86. The smallest absolute Gasteiger partial charge is 0.262 e. The number of nitriles is 1. The van der Waals surface area contributed by atoms with Crippen molar-refractivity contribution < 1.29 is 9.53 Å². The molecule has 0 aromatic heterocycles. The Morgan fingerprint density at radius 3 is 2.45 bits per heavy atom. The van der Waals surface area contributed by atoms with Crippen molar-refractivity contribution in [1.82, 2.24) is 5.32 Å². The molecule has 0 radical (unpaired) electrons. The van der Waals surface area contributed by atoms with Crippen LogP contribution in [0.1, 0.15) is 39.2 Å². The van der Waals surface area contributed by atoms with E-state index in [-0.39, 0.29) is 11.5 Å². The third kappa shape index (κ3) is 6.62. The van der Waals surface area contributed by atoms with Gasteiger partial charge in [0.15, 0.2) is 0 Å². The number of carbonyl (C=O) groups excluding carboxylic acids is 1. The molecular formula is C24H31N3O2. The van der Waals surface area contributed by atoms with Crippen LogP contribution in [0.5, 0.6) is 0 Å². The predicted octanol–water partition coefficient (Wildman–Crippen LogP) is 4.53. The number of anilines is 1. The summed E-state index contributed by atoms with van der Waals surface area (Å²) in [7, 11) is 0. The predicted molar refractivity (Wildman–Crippen MR) is 120 cm³/mol. The molecule has 0 saturated heterocycles. The minimum Gasteiger partial charge on any atom is -0.380 e. The molecule has 0 heterocycles. The highest BCUT2D eigenvalue weighted by Crippen LogP contribution is 2.24. The fourth-order valence-corrected chi connectivity index (χ4v) is 3.24. The molecule has 0 saturated carbocycles. The van der Waals surface area contributed by atoms with E-state index in [1.807, 2.05) is 31.2 Å². The van der Waals surface area contributed by atoms with Gasteiger partial charge >= 0.3 is 0 Å². The van der Waals surface area contributed by atoms with E-state index in [1.165, 1.54) is 5.69 Å². The number of nitrogens with zero attached hydrogens (tertiary/aromatic N) is 2. The Morgan fingerprint density at radius 1 is 1.10 bits per heavy atom. The summed E-state index contributed by atoms with van der Waals surface area (Å²) in [5.41, 5.74) is 2.16. The van der Waals surface area contributed by atoms with Crippen molar-refractivity contribution >= 4 is 28.4 Å². The van der Waals surface area contributed by atoms with Crippen molar-refractivity contribution in [2.45, 2.75) is 33.6 Å². The number of carbonyl (C=O) groups is 1. The highest BCUT2D eigenvalue weighted by atomic mass is 16.5. The molecule has 0 spiro atoms. The largest absolute Gasteiger partial charge is 0.380 e. The maximum atomic E-state index is 12.2. The van der Waals surface area contributed by atoms with Crippen LogP contribution in [0.4, 0.5) is 5.69 Å². The first-order chi connectivity index (χ1) is 14.1. The van der Waals surface area contributed by atoms with Crippen LogP contribution in [0, 0.1) is 11.3 Å². The van der Waals surface area contributed by atoms with Crippen LogP contribution < -0.4 is 10.2 Å². The molecule has 0 fully saturated rings. The minimum absolute atomic E-state index is 0.0922. The summed E-state index contributed by atoms with van der Waals surface area (Å²) in [4.78, 5) is 14.6. The number of rotatable bonds is 11. The molecule has 1 amide bonds. The SMILES string of the molecule is CCCN(CCC)c1ccc2cc(/C=C(\C#N)C(=O)NCCOCC)ccc2c1. The molecule has 0 aliphatic carbocycles. The average molecular weight is 394 g/mol. The van der Waals surface area contributed by atoms with Crippen LogP contribution in [0.25, 0.3) is 16.8 Å². The van der Waals surface area contributed by atoms with E-state index < -0.39 is 0 Å². The highest BCUT2D eigenvalue weighted by molar-refractivity contribution is 6.02. The average Bonchev–Trinajstić information content (AvgIpc) is 2.74. The lowest BCUT2D eigenvalue weighted by Crippen LogP contribution is -2.28. The first kappa shape index (κ1) is 22.4. The van der Waals surface area contributed by atoms with Gasteiger partial charge in [-0.15, -0.1) is 0 Å². The van der Waals surface area contributed by atoms with Crippen LogP contribution in [-0.2, 0) is 9.53 Å². The van der Waals surface area contributed by atoms with Gasteiger partial charge in [-0.25, -0.2) is 0 Å². The van der Waals surface area contributed by atoms with Crippen LogP contribution >= 0.6 is 0 Å². The molecule has 0 unspecified atom stereocenters. The Hall–Kier alpha value is -2.84. The number of fused-ring (bicyclic) bond motifs is 1. The molecule has 29 heavy (non-hydrogen) atoms. The molecule has 154 valence electrons. The quantitative estimate of drug-likeness (QED) is 0.346. The minimum atomic E-state index is -0.377. The Labute approximate surface area is 174 Å². The second-order valence-electron chi connectivity index (χ2n) is 6.90. The van der Waals surface area contributed by atoms with E-state index in [1.54, 1.807) is 6.08 Å². The number of hydrogen-bond acceptors (Lipinski definition) is 4. The van der Waals surface area contributed by atoms with Gasteiger partial charge in [0.05, 0.1) is 6.61 Å². The first-order valence-electron chi connectivity index (χ1n) is 10.4. The lowest BCUT2D eigenvalue weighted by atomic mass is 10.0. The molecule has 0 bridgehead atoms. The number of amides is 1. The van der Waals surface area contributed by atoms with Gasteiger partial charge in [-0.2, -0.15) is 5.26 Å². The van der Waals surface area contributed by atoms with Gasteiger partial charge in [-0.3, -0.25) is 4.79 Å². The number of nitrogens with one attached hydrogen (secondary N) is 1. The summed E-state index contributed by atoms with van der Waals surface area (Å²) in [6.45, 7) is 9.81. The number of ether oxygens (including phenoxy) is 1. The van der Waals surface area contributed by atoms with E-state index in [0.29, 0.717) is 19.8 Å². The summed E-state index contributed by atoms with van der Waals surface area (Å²) < 4.78 is 5.20. The summed E-state index contributed by atoms with van der Waals surface area (Å²) in [5, 5.41) is 14.3. The summed E-state index contributed by atoms with van der Waals surface area (Å²) >= 11 is 0. The van der Waals surface area contributed by atoms with Crippen molar-refractivity contribution in [2.75, 3.05) is 37.7 Å². The standard InChI is InChI=1S/C24H31N3O2/c1-4-12-27(13-5-2)23-10-9-20-15-19(7-8-21(20)17-23)16-22(18-25)24(28)26-11-14-29-6-3/h7-10,15-17H,4-6,11-14H2,1-3H3,(H,26,28)/b22-16+. The van der Waals surface area contributed by atoms with Gasteiger partial charge in [0.25, 0.3) is 5.91 Å². The molecule has 0 aliphatic heterocycles. The normalized spacial score (nSPS) is 11.3. The van der Waals surface area contributed by atoms with E-state index in [9.17, 15) is 10.1 Å². The van der Waals surface area contributed by atoms with Gasteiger partial charge < -0.3 is 15.0 Å². The fourth-order valence-electron chi connectivity index (χ4n) is 3.24. The maximum absolute atomic E-state index is 12.2. The van der Waals surface area contributed by atoms with E-state index >= 15 is 0 Å². The molecule has 2 rings (SSSR count). The zero-order valence-corrected chi connectivity index (χ0v) is 17.7. The highest BCUT2D eigenvalue weighted by Gasteiger charge is 2.09. The molecule has 1 N–H and O–H groups in total. The Bertz CT molecular complexity index is 877. The van der Waals surface area contributed by atoms with E-state index in [2.05, 4.69) is 42.3 Å². The molecular weight excluding hydrogens is 362 g/mol. The molecule has 2 aromatic rings. The van der Waals surface area contributed by atoms with Crippen LogP contribution in [0.2, 0.25) is 0 Å². The second kappa shape index (κ2) is 11.9. The second-order valence-corrected chi connectivity index (χ2v) is 6.90. The topological polar surface area (TPSA) is 65.4 Å². The van der Waals surface area contributed by atoms with Gasteiger partial charge in [0.1, 0.15) is 11.6 Å². The Balaban J connectivity index is 2.19. The molecule has 5 heteroatoms. The first-order valence-corrected chi connectivity index (χ1v) is 10.4. The van der Waals surface area contributed by atoms with Crippen molar-refractivity contribution in [3.05, 3.63) is 47.5 Å². The third-order valence-electron chi connectivity index (χ3n) is 4.61. The van der Waals surface area contributed by atoms with Gasteiger partial charge in [-0.1, -0.05) is 32.0 Å². The van der Waals surface area contributed by atoms with Crippen molar-refractivity contribution in [2.24, 2.45) is 0 Å². The molecule has 2 aromatic carbocycles. The molecule has 5 nitrogen and oxygen atoms in total. The molecule has 0 atom stereocenters. The zero-order chi connectivity index (χ0) is 21.1. The lowest BCUT2D eigenvalue weighted by molar-refractivity contribution is -0.117. The van der Waals surface area contributed by atoms with Crippen molar-refractivity contribution in [1.29, 1.82) is 5.26 Å². The van der Waals surface area contributed by atoms with Crippen molar-refractivity contribution in [3.63, 3.8) is 0 Å². The number of hydrogen-bond donors (Lipinski definition) is 1. The lowest BCUT2D eigenvalue weighted by Gasteiger charge is -2.24. The third-order valence-corrected chi connectivity index (χ3v) is 4.61. The zero-order valence-electron chi connectivity index (χ0n) is 17.7. The van der Waals surface area contributed by atoms with Gasteiger partial charge in [0, 0.05) is 31.9 Å². The maximum Gasteiger partial charge on any atom is 0.262 e. The summed E-state index contributed by atoms with van der Waals surface area (Å²) in [6, 6.07) is 14.4. The van der Waals surface area contributed by atoms with Gasteiger partial charge in [-0.05, 0) is 60.4 Å². The monoisotopic (exact) mass is 393 g/mol. The van der Waals surface area contributed by atoms with Gasteiger partial charge in [0.2, 0.25) is 0 Å². The molecule has 0 aliphatic rings.